The Balaban J connectivity index is 2.39. The fourth-order valence-electron chi connectivity index (χ4n) is 2.07. The van der Waals surface area contributed by atoms with Crippen molar-refractivity contribution < 1.29 is 4.42 Å². The number of furan rings is 1. The van der Waals surface area contributed by atoms with Crippen molar-refractivity contribution in [3.05, 3.63) is 53.7 Å². The molecule has 17 heavy (non-hydrogen) atoms. The fourth-order valence-corrected chi connectivity index (χ4v) is 2.07. The molecular formula is C14H18N2O. The molecule has 0 aliphatic heterocycles. The first kappa shape index (κ1) is 11.9. The predicted octanol–water partition coefficient (Wildman–Crippen LogP) is 2.94. The molecule has 0 bridgehead atoms. The van der Waals surface area contributed by atoms with Gasteiger partial charge in [0.05, 0.1) is 18.6 Å². The zero-order valence-electron chi connectivity index (χ0n) is 10.3. The van der Waals surface area contributed by atoms with E-state index in [4.69, 9.17) is 4.42 Å². The Hall–Kier alpha value is -1.61. The monoisotopic (exact) mass is 230 g/mol. The quantitative estimate of drug-likeness (QED) is 0.858. The van der Waals surface area contributed by atoms with E-state index >= 15 is 0 Å². The molecule has 2 aromatic rings. The van der Waals surface area contributed by atoms with E-state index in [-0.39, 0.29) is 6.04 Å². The van der Waals surface area contributed by atoms with E-state index in [0.29, 0.717) is 0 Å². The van der Waals surface area contributed by atoms with Crippen LogP contribution in [0.25, 0.3) is 0 Å². The van der Waals surface area contributed by atoms with Crippen LogP contribution in [0.2, 0.25) is 0 Å². The molecule has 1 unspecified atom stereocenters. The SMILES string of the molecule is CCNC(c1ccoc1)c1ccncc1CC. The van der Waals surface area contributed by atoms with Gasteiger partial charge in [0, 0.05) is 18.0 Å². The van der Waals surface area contributed by atoms with E-state index in [1.54, 1.807) is 12.5 Å². The second-order valence-corrected chi connectivity index (χ2v) is 3.98. The summed E-state index contributed by atoms with van der Waals surface area (Å²) in [5.74, 6) is 0. The Kier molecular flexibility index (Phi) is 3.94. The minimum absolute atomic E-state index is 0.191. The summed E-state index contributed by atoms with van der Waals surface area (Å²) in [4.78, 5) is 4.19. The molecule has 0 amide bonds. The summed E-state index contributed by atoms with van der Waals surface area (Å²) < 4.78 is 5.18. The first-order chi connectivity index (χ1) is 8.36. The van der Waals surface area contributed by atoms with Crippen LogP contribution >= 0.6 is 0 Å². The standard InChI is InChI=1S/C14H18N2O/c1-3-11-9-15-7-5-13(11)14(16-4-2)12-6-8-17-10-12/h5-10,14,16H,3-4H2,1-2H3. The number of nitrogens with one attached hydrogen (secondary N) is 1. The van der Waals surface area contributed by atoms with Crippen LogP contribution < -0.4 is 5.32 Å². The van der Waals surface area contributed by atoms with Crippen LogP contribution in [-0.4, -0.2) is 11.5 Å². The largest absolute Gasteiger partial charge is 0.472 e. The molecule has 0 spiro atoms. The van der Waals surface area contributed by atoms with Gasteiger partial charge >= 0.3 is 0 Å². The summed E-state index contributed by atoms with van der Waals surface area (Å²) in [6.45, 7) is 5.18. The molecule has 1 atom stereocenters. The van der Waals surface area contributed by atoms with Crippen molar-refractivity contribution in [2.75, 3.05) is 6.54 Å². The molecule has 0 aliphatic rings. The highest BCUT2D eigenvalue weighted by molar-refractivity contribution is 5.34. The first-order valence-corrected chi connectivity index (χ1v) is 6.05. The van der Waals surface area contributed by atoms with Crippen molar-refractivity contribution in [2.45, 2.75) is 26.3 Å². The van der Waals surface area contributed by atoms with E-state index in [0.717, 1.165) is 18.5 Å². The van der Waals surface area contributed by atoms with Gasteiger partial charge in [-0.3, -0.25) is 4.98 Å². The molecular weight excluding hydrogens is 212 g/mol. The second kappa shape index (κ2) is 5.64. The summed E-state index contributed by atoms with van der Waals surface area (Å²) in [6, 6.07) is 4.28. The molecule has 3 heteroatoms. The topological polar surface area (TPSA) is 38.1 Å². The minimum Gasteiger partial charge on any atom is -0.472 e. The molecule has 0 saturated heterocycles. The molecule has 1 N–H and O–H groups in total. The highest BCUT2D eigenvalue weighted by Crippen LogP contribution is 2.25. The molecule has 0 aromatic carbocycles. The van der Waals surface area contributed by atoms with Crippen LogP contribution in [0.3, 0.4) is 0 Å². The summed E-state index contributed by atoms with van der Waals surface area (Å²) in [6.07, 6.45) is 8.29. The van der Waals surface area contributed by atoms with Crippen molar-refractivity contribution in [3.8, 4) is 0 Å². The van der Waals surface area contributed by atoms with Crippen molar-refractivity contribution in [1.29, 1.82) is 0 Å². The Labute approximate surface area is 102 Å². The van der Waals surface area contributed by atoms with Gasteiger partial charge in [0.25, 0.3) is 0 Å². The maximum atomic E-state index is 5.18. The van der Waals surface area contributed by atoms with Gasteiger partial charge < -0.3 is 9.73 Å². The van der Waals surface area contributed by atoms with E-state index in [2.05, 4.69) is 30.2 Å². The van der Waals surface area contributed by atoms with Crippen molar-refractivity contribution in [2.24, 2.45) is 0 Å². The number of aromatic nitrogens is 1. The third-order valence-electron chi connectivity index (χ3n) is 2.92. The van der Waals surface area contributed by atoms with Gasteiger partial charge in [-0.2, -0.15) is 0 Å². The third-order valence-corrected chi connectivity index (χ3v) is 2.92. The molecule has 0 fully saturated rings. The minimum atomic E-state index is 0.191. The zero-order chi connectivity index (χ0) is 12.1. The third kappa shape index (κ3) is 2.56. The molecule has 2 aromatic heterocycles. The molecule has 3 nitrogen and oxygen atoms in total. The van der Waals surface area contributed by atoms with E-state index < -0.39 is 0 Å². The normalized spacial score (nSPS) is 12.6. The Morgan fingerprint density at radius 1 is 1.35 bits per heavy atom. The lowest BCUT2D eigenvalue weighted by Crippen LogP contribution is -2.22. The maximum Gasteiger partial charge on any atom is 0.0953 e. The first-order valence-electron chi connectivity index (χ1n) is 6.05. The molecule has 0 aliphatic carbocycles. The van der Waals surface area contributed by atoms with Crippen LogP contribution in [0.4, 0.5) is 0 Å². The lowest BCUT2D eigenvalue weighted by molar-refractivity contribution is 0.552. The lowest BCUT2D eigenvalue weighted by atomic mass is 9.96. The number of hydrogen-bond donors (Lipinski definition) is 1. The van der Waals surface area contributed by atoms with Gasteiger partial charge in [-0.25, -0.2) is 0 Å². The maximum absolute atomic E-state index is 5.18. The van der Waals surface area contributed by atoms with Crippen LogP contribution in [-0.2, 0) is 6.42 Å². The summed E-state index contributed by atoms with van der Waals surface area (Å²) in [7, 11) is 0. The molecule has 0 radical (unpaired) electrons. The molecule has 0 saturated carbocycles. The van der Waals surface area contributed by atoms with Gasteiger partial charge in [0.15, 0.2) is 0 Å². The van der Waals surface area contributed by atoms with Gasteiger partial charge in [-0.1, -0.05) is 13.8 Å². The molecule has 2 heterocycles. The van der Waals surface area contributed by atoms with Crippen molar-refractivity contribution in [3.63, 3.8) is 0 Å². The Bertz CT molecular complexity index is 451. The van der Waals surface area contributed by atoms with Gasteiger partial charge in [0.2, 0.25) is 0 Å². The van der Waals surface area contributed by atoms with Crippen LogP contribution in [0.1, 0.15) is 36.6 Å². The van der Waals surface area contributed by atoms with E-state index in [1.807, 2.05) is 18.5 Å². The average molecular weight is 230 g/mol. The summed E-state index contributed by atoms with van der Waals surface area (Å²) in [5, 5.41) is 3.49. The number of rotatable bonds is 5. The van der Waals surface area contributed by atoms with Crippen molar-refractivity contribution in [1.82, 2.24) is 10.3 Å². The number of pyridine rings is 1. The predicted molar refractivity (Wildman–Crippen MR) is 67.8 cm³/mol. The highest BCUT2D eigenvalue weighted by atomic mass is 16.3. The number of hydrogen-bond acceptors (Lipinski definition) is 3. The Morgan fingerprint density at radius 2 is 2.24 bits per heavy atom. The molecule has 2 rings (SSSR count). The van der Waals surface area contributed by atoms with Crippen molar-refractivity contribution >= 4 is 0 Å². The van der Waals surface area contributed by atoms with Gasteiger partial charge in [0.1, 0.15) is 0 Å². The smallest absolute Gasteiger partial charge is 0.0953 e. The summed E-state index contributed by atoms with van der Waals surface area (Å²) in [5.41, 5.74) is 3.72. The van der Waals surface area contributed by atoms with E-state index in [9.17, 15) is 0 Å². The van der Waals surface area contributed by atoms with Gasteiger partial charge in [-0.05, 0) is 36.2 Å². The fraction of sp³-hybridized carbons (Fsp3) is 0.357. The number of aryl methyl sites for hydroxylation is 1. The zero-order valence-corrected chi connectivity index (χ0v) is 10.3. The second-order valence-electron chi connectivity index (χ2n) is 3.98. The van der Waals surface area contributed by atoms with E-state index in [1.165, 1.54) is 11.1 Å². The van der Waals surface area contributed by atoms with Crippen LogP contribution in [0, 0.1) is 0 Å². The van der Waals surface area contributed by atoms with Gasteiger partial charge in [-0.15, -0.1) is 0 Å². The van der Waals surface area contributed by atoms with Crippen LogP contribution in [0.15, 0.2) is 41.5 Å². The average Bonchev–Trinajstić information content (AvgIpc) is 2.89. The Morgan fingerprint density at radius 3 is 2.88 bits per heavy atom. The summed E-state index contributed by atoms with van der Waals surface area (Å²) >= 11 is 0. The van der Waals surface area contributed by atoms with Crippen LogP contribution in [0.5, 0.6) is 0 Å². The number of nitrogens with zero attached hydrogens (tertiary/aromatic N) is 1. The molecule has 90 valence electrons. The lowest BCUT2D eigenvalue weighted by Gasteiger charge is -2.19. The highest BCUT2D eigenvalue weighted by Gasteiger charge is 2.16.